The van der Waals surface area contributed by atoms with Gasteiger partial charge in [0.2, 0.25) is 5.91 Å². The number of alkyl halides is 3. The number of aryl methyl sites for hydroxylation is 1. The summed E-state index contributed by atoms with van der Waals surface area (Å²) in [6.45, 7) is 3.19. The van der Waals surface area contributed by atoms with Crippen molar-refractivity contribution < 1.29 is 22.8 Å². The van der Waals surface area contributed by atoms with E-state index < -0.39 is 12.1 Å². The number of anilines is 1. The first-order valence-corrected chi connectivity index (χ1v) is 8.49. The van der Waals surface area contributed by atoms with Crippen LogP contribution in [0.5, 0.6) is 0 Å². The first kappa shape index (κ1) is 20.5. The fraction of sp³-hybridized carbons (Fsp3) is 0.300. The molecule has 0 aliphatic rings. The average Bonchev–Trinajstić information content (AvgIpc) is 2.60. The molecule has 0 unspecified atom stereocenters. The van der Waals surface area contributed by atoms with Crippen LogP contribution in [0.3, 0.4) is 0 Å². The van der Waals surface area contributed by atoms with Gasteiger partial charge < -0.3 is 10.2 Å². The third kappa shape index (κ3) is 6.13. The quantitative estimate of drug-likeness (QED) is 0.823. The number of hydrogen-bond donors (Lipinski definition) is 1. The molecule has 0 bridgehead atoms. The van der Waals surface area contributed by atoms with Crippen LogP contribution in [0.1, 0.15) is 23.6 Å². The lowest BCUT2D eigenvalue weighted by Gasteiger charge is -2.22. The van der Waals surface area contributed by atoms with Crippen LogP contribution in [0.25, 0.3) is 0 Å². The lowest BCUT2D eigenvalue weighted by molar-refractivity contribution is -0.185. The molecule has 0 saturated heterocycles. The Balaban J connectivity index is 2.02. The van der Waals surface area contributed by atoms with Gasteiger partial charge in [0.15, 0.2) is 0 Å². The van der Waals surface area contributed by atoms with Crippen molar-refractivity contribution in [1.82, 2.24) is 4.90 Å². The second-order valence-corrected chi connectivity index (χ2v) is 6.23. The van der Waals surface area contributed by atoms with E-state index in [9.17, 15) is 22.8 Å². The molecule has 0 aromatic heterocycles. The molecule has 4 nitrogen and oxygen atoms in total. The van der Waals surface area contributed by atoms with Crippen LogP contribution < -0.4 is 5.32 Å². The zero-order chi connectivity index (χ0) is 20.0. The highest BCUT2D eigenvalue weighted by Gasteiger charge is 2.41. The van der Waals surface area contributed by atoms with Crippen molar-refractivity contribution in [2.45, 2.75) is 33.0 Å². The molecule has 2 aromatic rings. The molecule has 27 heavy (non-hydrogen) atoms. The van der Waals surface area contributed by atoms with E-state index in [1.807, 2.05) is 31.2 Å². The van der Waals surface area contributed by atoms with Crippen molar-refractivity contribution in [1.29, 1.82) is 0 Å². The maximum absolute atomic E-state index is 12.6. The molecule has 0 aliphatic heterocycles. The molecule has 0 heterocycles. The minimum Gasteiger partial charge on any atom is -0.331 e. The third-order valence-electron chi connectivity index (χ3n) is 3.98. The van der Waals surface area contributed by atoms with Gasteiger partial charge >= 0.3 is 12.1 Å². The summed E-state index contributed by atoms with van der Waals surface area (Å²) in [5.41, 5.74) is 2.94. The van der Waals surface area contributed by atoms with Crippen LogP contribution >= 0.6 is 0 Å². The number of benzene rings is 2. The van der Waals surface area contributed by atoms with Gasteiger partial charge in [0.05, 0.1) is 6.42 Å². The number of rotatable bonds is 6. The molecule has 7 heteroatoms. The largest absolute Gasteiger partial charge is 0.471 e. The molecule has 0 fully saturated rings. The Hall–Kier alpha value is -2.83. The molecule has 2 amide bonds. The first-order chi connectivity index (χ1) is 12.7. The Morgan fingerprint density at radius 2 is 1.70 bits per heavy atom. The standard InChI is InChI=1S/C20H21F3N2O2/c1-3-25(19(27)20(21,22)23)13-16-5-4-6-17(11-16)24-18(26)12-15-9-7-14(2)8-10-15/h4-11H,3,12-13H2,1-2H3,(H,24,26). The zero-order valence-electron chi connectivity index (χ0n) is 15.1. The first-order valence-electron chi connectivity index (χ1n) is 8.49. The van der Waals surface area contributed by atoms with Gasteiger partial charge in [-0.05, 0) is 37.1 Å². The summed E-state index contributed by atoms with van der Waals surface area (Å²) < 4.78 is 37.9. The molecule has 0 aliphatic carbocycles. The zero-order valence-corrected chi connectivity index (χ0v) is 15.1. The van der Waals surface area contributed by atoms with Crippen molar-refractivity contribution >= 4 is 17.5 Å². The predicted molar refractivity (Wildman–Crippen MR) is 97.1 cm³/mol. The summed E-state index contributed by atoms with van der Waals surface area (Å²) >= 11 is 0. The van der Waals surface area contributed by atoms with E-state index in [-0.39, 0.29) is 25.4 Å². The molecule has 2 aromatic carbocycles. The Morgan fingerprint density at radius 3 is 2.30 bits per heavy atom. The Morgan fingerprint density at radius 1 is 1.04 bits per heavy atom. The minimum absolute atomic E-state index is 0.0671. The van der Waals surface area contributed by atoms with Crippen molar-refractivity contribution in [3.8, 4) is 0 Å². The normalized spacial score (nSPS) is 11.1. The molecule has 0 spiro atoms. The number of halogens is 3. The Labute approximate surface area is 156 Å². The average molecular weight is 378 g/mol. The van der Waals surface area contributed by atoms with Crippen molar-refractivity contribution in [2.24, 2.45) is 0 Å². The van der Waals surface area contributed by atoms with Gasteiger partial charge in [0.1, 0.15) is 0 Å². The Kier molecular flexibility index (Phi) is 6.60. The van der Waals surface area contributed by atoms with E-state index in [4.69, 9.17) is 0 Å². The third-order valence-corrected chi connectivity index (χ3v) is 3.98. The summed E-state index contributed by atoms with van der Waals surface area (Å²) in [5.74, 6) is -2.10. The molecular weight excluding hydrogens is 357 g/mol. The maximum Gasteiger partial charge on any atom is 0.471 e. The van der Waals surface area contributed by atoms with E-state index in [0.29, 0.717) is 16.2 Å². The molecule has 1 N–H and O–H groups in total. The van der Waals surface area contributed by atoms with Crippen LogP contribution in [0.2, 0.25) is 0 Å². The second-order valence-electron chi connectivity index (χ2n) is 6.23. The van der Waals surface area contributed by atoms with Crippen LogP contribution in [-0.4, -0.2) is 29.4 Å². The van der Waals surface area contributed by atoms with Crippen LogP contribution in [0, 0.1) is 6.92 Å². The summed E-state index contributed by atoms with van der Waals surface area (Å²) in [6.07, 6.45) is -4.71. The van der Waals surface area contributed by atoms with Crippen LogP contribution in [0.4, 0.5) is 18.9 Å². The van der Waals surface area contributed by atoms with Gasteiger partial charge in [-0.3, -0.25) is 9.59 Å². The Bertz CT molecular complexity index is 802. The monoisotopic (exact) mass is 378 g/mol. The molecule has 0 saturated carbocycles. The van der Waals surface area contributed by atoms with E-state index in [1.54, 1.807) is 24.3 Å². The number of carbonyl (C=O) groups is 2. The van der Waals surface area contributed by atoms with Gasteiger partial charge in [-0.25, -0.2) is 0 Å². The van der Waals surface area contributed by atoms with Crippen molar-refractivity contribution in [2.75, 3.05) is 11.9 Å². The van der Waals surface area contributed by atoms with Crippen molar-refractivity contribution in [3.05, 3.63) is 65.2 Å². The van der Waals surface area contributed by atoms with Crippen LogP contribution in [-0.2, 0) is 22.6 Å². The second kappa shape index (κ2) is 8.70. The molecular formula is C20H21F3N2O2. The SMILES string of the molecule is CCN(Cc1cccc(NC(=O)Cc2ccc(C)cc2)c1)C(=O)C(F)(F)F. The highest BCUT2D eigenvalue weighted by Crippen LogP contribution is 2.21. The summed E-state index contributed by atoms with van der Waals surface area (Å²) in [6, 6.07) is 14.0. The summed E-state index contributed by atoms with van der Waals surface area (Å²) in [7, 11) is 0. The van der Waals surface area contributed by atoms with Gasteiger partial charge in [-0.1, -0.05) is 42.0 Å². The van der Waals surface area contributed by atoms with E-state index in [0.717, 1.165) is 11.1 Å². The number of nitrogens with one attached hydrogen (secondary N) is 1. The summed E-state index contributed by atoms with van der Waals surface area (Å²) in [4.78, 5) is 24.3. The fourth-order valence-electron chi connectivity index (χ4n) is 2.57. The van der Waals surface area contributed by atoms with Gasteiger partial charge in [0, 0.05) is 18.8 Å². The lowest BCUT2D eigenvalue weighted by atomic mass is 10.1. The topological polar surface area (TPSA) is 49.4 Å². The lowest BCUT2D eigenvalue weighted by Crippen LogP contribution is -2.40. The number of nitrogens with zero attached hydrogens (tertiary/aromatic N) is 1. The van der Waals surface area contributed by atoms with Crippen LogP contribution in [0.15, 0.2) is 48.5 Å². The maximum atomic E-state index is 12.6. The highest BCUT2D eigenvalue weighted by molar-refractivity contribution is 5.92. The van der Waals surface area contributed by atoms with E-state index in [1.165, 1.54) is 6.92 Å². The summed E-state index contributed by atoms with van der Waals surface area (Å²) in [5, 5.41) is 2.73. The molecule has 144 valence electrons. The molecule has 0 atom stereocenters. The van der Waals surface area contributed by atoms with E-state index >= 15 is 0 Å². The number of hydrogen-bond acceptors (Lipinski definition) is 2. The van der Waals surface area contributed by atoms with Crippen molar-refractivity contribution in [3.63, 3.8) is 0 Å². The van der Waals surface area contributed by atoms with Gasteiger partial charge in [-0.15, -0.1) is 0 Å². The number of carbonyl (C=O) groups excluding carboxylic acids is 2. The number of amides is 2. The minimum atomic E-state index is -4.91. The van der Waals surface area contributed by atoms with E-state index in [2.05, 4.69) is 5.32 Å². The van der Waals surface area contributed by atoms with Gasteiger partial charge in [0.25, 0.3) is 0 Å². The highest BCUT2D eigenvalue weighted by atomic mass is 19.4. The molecule has 2 rings (SSSR count). The fourth-order valence-corrected chi connectivity index (χ4v) is 2.57. The predicted octanol–water partition coefficient (Wildman–Crippen LogP) is 4.09. The van der Waals surface area contributed by atoms with Gasteiger partial charge in [-0.2, -0.15) is 13.2 Å². The molecule has 0 radical (unpaired) electrons. The smallest absolute Gasteiger partial charge is 0.331 e.